The number of nitrogens with zero attached hydrogens (tertiary/aromatic N) is 2. The van der Waals surface area contributed by atoms with Gasteiger partial charge in [-0.25, -0.2) is 0 Å². The van der Waals surface area contributed by atoms with Crippen LogP contribution in [0.2, 0.25) is 0 Å². The average Bonchev–Trinajstić information content (AvgIpc) is 2.30. The van der Waals surface area contributed by atoms with Crippen LogP contribution >= 0.6 is 0 Å². The molecule has 0 spiro atoms. The predicted octanol–water partition coefficient (Wildman–Crippen LogP) is 2.72. The van der Waals surface area contributed by atoms with E-state index < -0.39 is 0 Å². The van der Waals surface area contributed by atoms with E-state index in [0.717, 1.165) is 6.04 Å². The maximum atomic E-state index is 4.22. The molecule has 2 aliphatic heterocycles. The summed E-state index contributed by atoms with van der Waals surface area (Å²) in [7, 11) is 2.27. The second kappa shape index (κ2) is 4.02. The van der Waals surface area contributed by atoms with Gasteiger partial charge in [-0.1, -0.05) is 18.6 Å². The standard InChI is InChI=1S/C14H18N2/c1-16-13-5-2-6-14(16)9-12(8-13)11-4-3-7-15-10-11/h3-4,7-8,10,13-14H,2,5-6,9H2,1H3/t13-,14?/m1/s1. The molecule has 1 fully saturated rings. The molecule has 2 bridgehead atoms. The quantitative estimate of drug-likeness (QED) is 0.714. The summed E-state index contributed by atoms with van der Waals surface area (Å²) in [5, 5.41) is 0. The van der Waals surface area contributed by atoms with Crippen molar-refractivity contribution in [3.05, 3.63) is 36.2 Å². The fourth-order valence-corrected chi connectivity index (χ4v) is 3.01. The minimum absolute atomic E-state index is 0.655. The lowest BCUT2D eigenvalue weighted by Crippen LogP contribution is -2.45. The normalized spacial score (nSPS) is 29.9. The number of piperidine rings is 1. The van der Waals surface area contributed by atoms with Gasteiger partial charge in [-0.3, -0.25) is 9.88 Å². The summed E-state index contributed by atoms with van der Waals surface area (Å²) in [5.74, 6) is 0. The van der Waals surface area contributed by atoms with Gasteiger partial charge in [0.05, 0.1) is 0 Å². The molecule has 1 aromatic rings. The van der Waals surface area contributed by atoms with Crippen molar-refractivity contribution in [3.63, 3.8) is 0 Å². The van der Waals surface area contributed by atoms with E-state index in [1.165, 1.54) is 36.8 Å². The minimum Gasteiger partial charge on any atom is -0.297 e. The maximum Gasteiger partial charge on any atom is 0.0342 e. The van der Waals surface area contributed by atoms with Crippen LogP contribution in [0.4, 0.5) is 0 Å². The fraction of sp³-hybridized carbons (Fsp3) is 0.500. The summed E-state index contributed by atoms with van der Waals surface area (Å²) >= 11 is 0. The van der Waals surface area contributed by atoms with Crippen LogP contribution in [0.15, 0.2) is 30.6 Å². The lowest BCUT2D eigenvalue weighted by Gasteiger charge is -2.42. The molecule has 0 radical (unpaired) electrons. The van der Waals surface area contributed by atoms with Gasteiger partial charge >= 0.3 is 0 Å². The van der Waals surface area contributed by atoms with E-state index >= 15 is 0 Å². The first-order valence-electron chi connectivity index (χ1n) is 6.17. The molecule has 2 aliphatic rings. The zero-order valence-corrected chi connectivity index (χ0v) is 9.76. The maximum absolute atomic E-state index is 4.22. The average molecular weight is 214 g/mol. The van der Waals surface area contributed by atoms with Crippen molar-refractivity contribution in [2.75, 3.05) is 7.05 Å². The first-order valence-corrected chi connectivity index (χ1v) is 6.17. The molecule has 3 heterocycles. The number of aromatic nitrogens is 1. The summed E-state index contributed by atoms with van der Waals surface area (Å²) in [5.41, 5.74) is 2.81. The van der Waals surface area contributed by atoms with Gasteiger partial charge in [0.2, 0.25) is 0 Å². The number of pyridine rings is 1. The number of rotatable bonds is 1. The van der Waals surface area contributed by atoms with Crippen molar-refractivity contribution < 1.29 is 0 Å². The van der Waals surface area contributed by atoms with E-state index in [0.29, 0.717) is 6.04 Å². The molecule has 2 heteroatoms. The molecular formula is C14H18N2. The van der Waals surface area contributed by atoms with E-state index in [2.05, 4.69) is 29.1 Å². The Hall–Kier alpha value is -1.15. The van der Waals surface area contributed by atoms with Gasteiger partial charge in [0, 0.05) is 24.5 Å². The van der Waals surface area contributed by atoms with Gasteiger partial charge in [-0.2, -0.15) is 0 Å². The summed E-state index contributed by atoms with van der Waals surface area (Å²) in [6, 6.07) is 5.62. The van der Waals surface area contributed by atoms with Gasteiger partial charge in [-0.15, -0.1) is 0 Å². The summed E-state index contributed by atoms with van der Waals surface area (Å²) in [6.45, 7) is 0. The molecule has 16 heavy (non-hydrogen) atoms. The highest BCUT2D eigenvalue weighted by Crippen LogP contribution is 2.35. The van der Waals surface area contributed by atoms with E-state index in [-0.39, 0.29) is 0 Å². The topological polar surface area (TPSA) is 16.1 Å². The van der Waals surface area contributed by atoms with Gasteiger partial charge in [0.25, 0.3) is 0 Å². The molecule has 3 rings (SSSR count). The monoisotopic (exact) mass is 214 g/mol. The van der Waals surface area contributed by atoms with Crippen LogP contribution in [0.5, 0.6) is 0 Å². The van der Waals surface area contributed by atoms with Crippen molar-refractivity contribution >= 4 is 5.57 Å². The Morgan fingerprint density at radius 3 is 3.06 bits per heavy atom. The largest absolute Gasteiger partial charge is 0.297 e. The van der Waals surface area contributed by atoms with Crippen LogP contribution in [0.3, 0.4) is 0 Å². The third-order valence-electron chi connectivity index (χ3n) is 4.02. The third kappa shape index (κ3) is 1.67. The van der Waals surface area contributed by atoms with Crippen molar-refractivity contribution in [1.29, 1.82) is 0 Å². The molecule has 0 saturated carbocycles. The van der Waals surface area contributed by atoms with Crippen molar-refractivity contribution in [3.8, 4) is 0 Å². The number of hydrogen-bond donors (Lipinski definition) is 0. The fourth-order valence-electron chi connectivity index (χ4n) is 3.01. The van der Waals surface area contributed by atoms with E-state index in [9.17, 15) is 0 Å². The molecule has 0 amide bonds. The second-order valence-electron chi connectivity index (χ2n) is 4.96. The van der Waals surface area contributed by atoms with Crippen LogP contribution in [0.25, 0.3) is 5.57 Å². The van der Waals surface area contributed by atoms with Crippen LogP contribution < -0.4 is 0 Å². The van der Waals surface area contributed by atoms with Crippen molar-refractivity contribution in [2.24, 2.45) is 0 Å². The first kappa shape index (κ1) is 10.0. The summed E-state index contributed by atoms with van der Waals surface area (Å²) in [6.07, 6.45) is 11.5. The molecule has 2 atom stereocenters. The number of fused-ring (bicyclic) bond motifs is 2. The Labute approximate surface area is 97.0 Å². The summed E-state index contributed by atoms with van der Waals surface area (Å²) < 4.78 is 0. The first-order chi connectivity index (χ1) is 7.84. The van der Waals surface area contributed by atoms with Crippen molar-refractivity contribution in [2.45, 2.75) is 37.8 Å². The van der Waals surface area contributed by atoms with E-state index in [1.54, 1.807) is 0 Å². The molecule has 2 nitrogen and oxygen atoms in total. The van der Waals surface area contributed by atoms with Gasteiger partial charge in [-0.05, 0) is 43.5 Å². The van der Waals surface area contributed by atoms with Crippen LogP contribution in [-0.2, 0) is 0 Å². The Balaban J connectivity index is 1.93. The predicted molar refractivity (Wildman–Crippen MR) is 66.0 cm³/mol. The van der Waals surface area contributed by atoms with Crippen LogP contribution in [0, 0.1) is 0 Å². The Morgan fingerprint density at radius 2 is 2.31 bits per heavy atom. The number of hydrogen-bond acceptors (Lipinski definition) is 2. The highest BCUT2D eigenvalue weighted by molar-refractivity contribution is 5.67. The SMILES string of the molecule is CN1C2CCC[C@@H]1C=C(c1cccnc1)C2. The van der Waals surface area contributed by atoms with Crippen LogP contribution in [-0.4, -0.2) is 29.0 Å². The third-order valence-corrected chi connectivity index (χ3v) is 4.02. The Bertz CT molecular complexity index is 396. The highest BCUT2D eigenvalue weighted by Gasteiger charge is 2.31. The molecule has 0 aromatic carbocycles. The molecule has 1 unspecified atom stereocenters. The highest BCUT2D eigenvalue weighted by atomic mass is 15.2. The zero-order valence-electron chi connectivity index (χ0n) is 9.76. The second-order valence-corrected chi connectivity index (χ2v) is 4.96. The molecule has 0 N–H and O–H groups in total. The lowest BCUT2D eigenvalue weighted by molar-refractivity contribution is 0.137. The Morgan fingerprint density at radius 1 is 1.38 bits per heavy atom. The van der Waals surface area contributed by atoms with Gasteiger partial charge in [0.1, 0.15) is 0 Å². The van der Waals surface area contributed by atoms with E-state index in [4.69, 9.17) is 0 Å². The molecule has 1 aromatic heterocycles. The van der Waals surface area contributed by atoms with Gasteiger partial charge in [0.15, 0.2) is 0 Å². The molecular weight excluding hydrogens is 196 g/mol. The molecule has 84 valence electrons. The van der Waals surface area contributed by atoms with Crippen molar-refractivity contribution in [1.82, 2.24) is 9.88 Å². The molecule has 0 aliphatic carbocycles. The van der Waals surface area contributed by atoms with Gasteiger partial charge < -0.3 is 0 Å². The number of likely N-dealkylation sites (N-methyl/N-ethyl adjacent to an activating group) is 1. The lowest BCUT2D eigenvalue weighted by atomic mass is 9.84. The van der Waals surface area contributed by atoms with E-state index in [1.807, 2.05) is 18.5 Å². The minimum atomic E-state index is 0.655. The Kier molecular flexibility index (Phi) is 2.52. The smallest absolute Gasteiger partial charge is 0.0342 e. The summed E-state index contributed by atoms with van der Waals surface area (Å²) in [4.78, 5) is 6.76. The zero-order chi connectivity index (χ0) is 11.0. The van der Waals surface area contributed by atoms with Crippen LogP contribution in [0.1, 0.15) is 31.2 Å². The molecule has 1 saturated heterocycles.